The second-order valence-electron chi connectivity index (χ2n) is 3.42. The van der Waals surface area contributed by atoms with Gasteiger partial charge in [0.1, 0.15) is 0 Å². The van der Waals surface area contributed by atoms with E-state index in [1.165, 1.54) is 49.2 Å². The Morgan fingerprint density at radius 2 is 1.88 bits per heavy atom. The van der Waals surface area contributed by atoms with Crippen molar-refractivity contribution in [2.75, 3.05) is 0 Å². The Bertz CT molecular complexity index is 488. The zero-order valence-corrected chi connectivity index (χ0v) is 15.5. The van der Waals surface area contributed by atoms with E-state index < -0.39 is 0 Å². The molecule has 1 heterocycles. The fraction of sp³-hybridized carbons (Fsp3) is 0.0909. The van der Waals surface area contributed by atoms with Gasteiger partial charge in [0.2, 0.25) is 0 Å². The summed E-state index contributed by atoms with van der Waals surface area (Å²) in [5.41, 5.74) is 4.39. The van der Waals surface area contributed by atoms with Crippen LogP contribution in [0.25, 0.3) is 6.08 Å². The third-order valence-corrected chi connectivity index (χ3v) is 5.78. The maximum atomic E-state index is 3.51. The van der Waals surface area contributed by atoms with Crippen LogP contribution in [0.1, 0.15) is 16.4 Å². The van der Waals surface area contributed by atoms with Crippen LogP contribution in [0.3, 0.4) is 0 Å². The molecule has 0 saturated heterocycles. The monoisotopic (exact) mass is 444 g/mol. The summed E-state index contributed by atoms with van der Waals surface area (Å²) in [6.07, 6.45) is 2.34. The minimum absolute atomic E-state index is 0. The number of hydrogen-bond donors (Lipinski definition) is 0. The first-order valence-corrected chi connectivity index (χ1v) is 7.31. The molecule has 88 valence electrons. The number of thioether (sulfide) groups is 1. The maximum Gasteiger partial charge on any atom is -1.00 e. The minimum atomic E-state index is 0. The molecule has 3 rings (SSSR count). The predicted molar refractivity (Wildman–Crippen MR) is 60.5 cm³/mol. The number of hydrogen-bond acceptors (Lipinski definition) is 1. The van der Waals surface area contributed by atoms with Gasteiger partial charge in [0.25, 0.3) is 0 Å². The standard InChI is InChI=1S/C11H6BrS.3ClH.Zr/c12-9-1-2-10-8(6-9)5-7-3-4-13-11(7)10;;;;/h1-2,4-6,11H;3*1H;/q;;;;+3/p-3. The molecule has 0 spiro atoms. The molecule has 17 heavy (non-hydrogen) atoms. The number of rotatable bonds is 0. The molecule has 1 aliphatic carbocycles. The van der Waals surface area contributed by atoms with Gasteiger partial charge in [-0.05, 0) is 0 Å². The van der Waals surface area contributed by atoms with Crippen LogP contribution < -0.4 is 37.2 Å². The van der Waals surface area contributed by atoms with Crippen molar-refractivity contribution < 1.29 is 61.9 Å². The van der Waals surface area contributed by atoms with E-state index in [1.807, 2.05) is 11.8 Å². The average molecular weight is 448 g/mol. The molecule has 0 aromatic heterocycles. The Labute approximate surface area is 147 Å². The summed E-state index contributed by atoms with van der Waals surface area (Å²) < 4.78 is 2.69. The molecule has 2 aliphatic rings. The molecule has 0 nitrogen and oxygen atoms in total. The summed E-state index contributed by atoms with van der Waals surface area (Å²) >= 11 is 6.99. The molecule has 0 N–H and O–H groups in total. The fourth-order valence-electron chi connectivity index (χ4n) is 1.89. The van der Waals surface area contributed by atoms with E-state index in [0.29, 0.717) is 5.25 Å². The van der Waals surface area contributed by atoms with Crippen molar-refractivity contribution in [3.05, 3.63) is 48.1 Å². The van der Waals surface area contributed by atoms with Crippen LogP contribution in [0, 0.1) is 0 Å². The van der Waals surface area contributed by atoms with Gasteiger partial charge in [-0.25, -0.2) is 0 Å². The first-order chi connectivity index (χ1) is 6.75. The van der Waals surface area contributed by atoms with Gasteiger partial charge in [0, 0.05) is 0 Å². The second-order valence-corrected chi connectivity index (χ2v) is 6.64. The minimum Gasteiger partial charge on any atom is -1.00 e. The van der Waals surface area contributed by atoms with Gasteiger partial charge < -0.3 is 37.2 Å². The average Bonchev–Trinajstić information content (AvgIpc) is 2.66. The zero-order chi connectivity index (χ0) is 9.71. The summed E-state index contributed by atoms with van der Waals surface area (Å²) in [5, 5.41) is 2.90. The molecule has 1 atom stereocenters. The van der Waals surface area contributed by atoms with Crippen molar-refractivity contribution in [1.82, 2.24) is 0 Å². The Morgan fingerprint density at radius 3 is 2.59 bits per heavy atom. The van der Waals surface area contributed by atoms with Crippen LogP contribution in [-0.4, -0.2) is 0 Å². The van der Waals surface area contributed by atoms with Gasteiger partial charge in [0.15, 0.2) is 0 Å². The van der Waals surface area contributed by atoms with Gasteiger partial charge in [-0.1, -0.05) is 0 Å². The first-order valence-electron chi connectivity index (χ1n) is 4.34. The molecule has 1 aliphatic heterocycles. The van der Waals surface area contributed by atoms with E-state index in [4.69, 9.17) is 0 Å². The predicted octanol–water partition coefficient (Wildman–Crippen LogP) is -4.97. The largest absolute Gasteiger partial charge is 1.00 e. The zero-order valence-electron chi connectivity index (χ0n) is 8.38. The summed E-state index contributed by atoms with van der Waals surface area (Å²) in [4.78, 5) is 0. The summed E-state index contributed by atoms with van der Waals surface area (Å²) in [5.74, 6) is 0. The molecule has 1 aromatic carbocycles. The van der Waals surface area contributed by atoms with Gasteiger partial charge in [-0.3, -0.25) is 0 Å². The van der Waals surface area contributed by atoms with Crippen molar-refractivity contribution in [3.8, 4) is 0 Å². The molecule has 0 fully saturated rings. The fourth-order valence-corrected chi connectivity index (χ4v) is 4.67. The van der Waals surface area contributed by atoms with Crippen LogP contribution in [-0.2, 0) is 24.7 Å². The van der Waals surface area contributed by atoms with E-state index in [2.05, 4.69) is 45.6 Å². The van der Waals surface area contributed by atoms with E-state index >= 15 is 0 Å². The Balaban J connectivity index is 0.000000853. The summed E-state index contributed by atoms with van der Waals surface area (Å²) in [6.45, 7) is 0. The molecule has 1 unspecified atom stereocenters. The Morgan fingerprint density at radius 1 is 1.18 bits per heavy atom. The molecular formula is C11H6BrCl3SZr. The molecule has 0 bridgehead atoms. The van der Waals surface area contributed by atoms with Crippen molar-refractivity contribution in [2.45, 2.75) is 5.25 Å². The van der Waals surface area contributed by atoms with Gasteiger partial charge >= 0.3 is 112 Å². The van der Waals surface area contributed by atoms with Crippen molar-refractivity contribution in [1.29, 1.82) is 0 Å². The molecule has 6 heteroatoms. The van der Waals surface area contributed by atoms with E-state index in [0.717, 1.165) is 0 Å². The smallest absolute Gasteiger partial charge is 1.00 e. The molecule has 0 saturated carbocycles. The van der Waals surface area contributed by atoms with Crippen molar-refractivity contribution in [3.63, 3.8) is 0 Å². The van der Waals surface area contributed by atoms with Crippen LogP contribution in [0.2, 0.25) is 0 Å². The number of halogens is 4. The number of allylic oxidation sites excluding steroid dienone is 1. The van der Waals surface area contributed by atoms with Crippen LogP contribution in [0.4, 0.5) is 0 Å². The Hall–Kier alpha value is 1.28. The van der Waals surface area contributed by atoms with E-state index in [9.17, 15) is 0 Å². The van der Waals surface area contributed by atoms with Crippen molar-refractivity contribution >= 4 is 33.8 Å². The summed E-state index contributed by atoms with van der Waals surface area (Å²) in [7, 11) is 0. The van der Waals surface area contributed by atoms with E-state index in [1.54, 1.807) is 0 Å². The SMILES string of the molecule is Brc1ccc2c(c1)C=C1[C]([Zr+3])=CSC12.[Cl-].[Cl-].[Cl-]. The number of fused-ring (bicyclic) bond motifs is 3. The first kappa shape index (κ1) is 18.3. The quantitative estimate of drug-likeness (QED) is 0.384. The third-order valence-electron chi connectivity index (χ3n) is 2.56. The Kier molecular flexibility index (Phi) is 7.71. The maximum absolute atomic E-state index is 3.51. The van der Waals surface area contributed by atoms with Crippen molar-refractivity contribution in [2.24, 2.45) is 0 Å². The molecular weight excluding hydrogens is 442 g/mol. The molecule has 0 radical (unpaired) electrons. The molecule has 1 aromatic rings. The van der Waals surface area contributed by atoms with Gasteiger partial charge in [-0.15, -0.1) is 0 Å². The normalized spacial score (nSPS) is 18.9. The second kappa shape index (κ2) is 7.17. The van der Waals surface area contributed by atoms with Crippen LogP contribution in [0.5, 0.6) is 0 Å². The van der Waals surface area contributed by atoms with Crippen LogP contribution in [0.15, 0.2) is 36.9 Å². The summed E-state index contributed by atoms with van der Waals surface area (Å²) in [6, 6.07) is 6.59. The van der Waals surface area contributed by atoms with Crippen LogP contribution >= 0.6 is 27.7 Å². The molecule has 0 amide bonds. The van der Waals surface area contributed by atoms with E-state index in [-0.39, 0.29) is 37.2 Å². The number of benzene rings is 1. The third kappa shape index (κ3) is 3.24. The topological polar surface area (TPSA) is 0 Å². The van der Waals surface area contributed by atoms with Gasteiger partial charge in [0.05, 0.1) is 0 Å². The van der Waals surface area contributed by atoms with Gasteiger partial charge in [-0.2, -0.15) is 0 Å².